The second-order valence-electron chi connectivity index (χ2n) is 6.39. The summed E-state index contributed by atoms with van der Waals surface area (Å²) in [5, 5.41) is 3.96. The molecule has 0 aliphatic carbocycles. The molecule has 8 heteroatoms. The van der Waals surface area contributed by atoms with E-state index in [0.29, 0.717) is 25.5 Å². The van der Waals surface area contributed by atoms with Crippen LogP contribution in [0.3, 0.4) is 0 Å². The molecule has 0 radical (unpaired) electrons. The van der Waals surface area contributed by atoms with Crippen LogP contribution in [0, 0.1) is 0 Å². The Bertz CT molecular complexity index is 860. The van der Waals surface area contributed by atoms with Crippen LogP contribution in [0.15, 0.2) is 36.5 Å². The van der Waals surface area contributed by atoms with Gasteiger partial charge in [0.1, 0.15) is 5.82 Å². The molecule has 6 nitrogen and oxygen atoms in total. The number of rotatable bonds is 7. The Kier molecular flexibility index (Phi) is 5.98. The van der Waals surface area contributed by atoms with Crippen molar-refractivity contribution < 1.29 is 8.42 Å². The number of aromatic nitrogens is 2. The van der Waals surface area contributed by atoms with Crippen molar-refractivity contribution in [2.24, 2.45) is 0 Å². The van der Waals surface area contributed by atoms with Crippen molar-refractivity contribution in [3.63, 3.8) is 0 Å². The Morgan fingerprint density at radius 2 is 2.19 bits per heavy atom. The minimum atomic E-state index is -2.93. The lowest BCUT2D eigenvalue weighted by molar-refractivity contribution is 0.599. The Hall–Kier alpha value is -1.86. The maximum Gasteiger partial charge on any atom is 0.224 e. The van der Waals surface area contributed by atoms with Crippen LogP contribution >= 0.6 is 11.6 Å². The van der Waals surface area contributed by atoms with Gasteiger partial charge in [-0.05, 0) is 43.5 Å². The largest absolute Gasteiger partial charge is 0.354 e. The highest BCUT2D eigenvalue weighted by atomic mass is 35.5. The van der Waals surface area contributed by atoms with Crippen LogP contribution in [0.25, 0.3) is 0 Å². The standard InChI is InChI=1S/C18H23ClN4O2S/c1-2-23(16-8-11-26(24,25)13-16)17-7-10-21-18(22-17)20-9-6-14-4-3-5-15(19)12-14/h3-5,7,10,12,16H,2,6,8-9,11,13H2,1H3,(H,20,21,22). The van der Waals surface area contributed by atoms with Crippen molar-refractivity contribution >= 4 is 33.2 Å². The second kappa shape index (κ2) is 8.22. The van der Waals surface area contributed by atoms with Crippen molar-refractivity contribution in [3.05, 3.63) is 47.1 Å². The molecule has 3 rings (SSSR count). The first-order valence-corrected chi connectivity index (χ1v) is 11.0. The fraction of sp³-hybridized carbons (Fsp3) is 0.444. The van der Waals surface area contributed by atoms with Crippen LogP contribution in [0.2, 0.25) is 5.02 Å². The van der Waals surface area contributed by atoms with Gasteiger partial charge in [0.05, 0.1) is 11.5 Å². The van der Waals surface area contributed by atoms with Gasteiger partial charge in [0.15, 0.2) is 9.84 Å². The van der Waals surface area contributed by atoms with E-state index in [4.69, 9.17) is 11.6 Å². The molecule has 1 saturated heterocycles. The molecule has 0 amide bonds. The Balaban J connectivity index is 1.63. The fourth-order valence-corrected chi connectivity index (χ4v) is 5.18. The molecule has 1 N–H and O–H groups in total. The van der Waals surface area contributed by atoms with E-state index in [0.717, 1.165) is 22.8 Å². The highest BCUT2D eigenvalue weighted by Gasteiger charge is 2.32. The van der Waals surface area contributed by atoms with Crippen LogP contribution in [0.1, 0.15) is 18.9 Å². The average molecular weight is 395 g/mol. The summed E-state index contributed by atoms with van der Waals surface area (Å²) in [5.74, 6) is 1.76. The van der Waals surface area contributed by atoms with Crippen LogP contribution in [-0.4, -0.2) is 49.0 Å². The maximum absolute atomic E-state index is 11.8. The smallest absolute Gasteiger partial charge is 0.224 e. The summed E-state index contributed by atoms with van der Waals surface area (Å²) in [5.41, 5.74) is 1.15. The minimum absolute atomic E-state index is 0.0146. The number of halogens is 1. The third kappa shape index (κ3) is 4.86. The van der Waals surface area contributed by atoms with Gasteiger partial charge in [-0.1, -0.05) is 23.7 Å². The summed E-state index contributed by atoms with van der Waals surface area (Å²) < 4.78 is 23.6. The SMILES string of the molecule is CCN(c1ccnc(NCCc2cccc(Cl)c2)n1)C1CCS(=O)(=O)C1. The van der Waals surface area contributed by atoms with Gasteiger partial charge >= 0.3 is 0 Å². The van der Waals surface area contributed by atoms with Crippen molar-refractivity contribution in [3.8, 4) is 0 Å². The van der Waals surface area contributed by atoms with E-state index in [9.17, 15) is 8.42 Å². The summed E-state index contributed by atoms with van der Waals surface area (Å²) in [6, 6.07) is 9.58. The lowest BCUT2D eigenvalue weighted by atomic mass is 10.1. The molecule has 1 aliphatic rings. The summed E-state index contributed by atoms with van der Waals surface area (Å²) in [6.45, 7) is 3.41. The molecule has 1 fully saturated rings. The minimum Gasteiger partial charge on any atom is -0.354 e. The molecule has 1 aliphatic heterocycles. The molecular formula is C18H23ClN4O2S. The van der Waals surface area contributed by atoms with E-state index in [1.807, 2.05) is 42.2 Å². The van der Waals surface area contributed by atoms with Crippen molar-refractivity contribution in [1.82, 2.24) is 9.97 Å². The summed E-state index contributed by atoms with van der Waals surface area (Å²) in [7, 11) is -2.93. The van der Waals surface area contributed by atoms with Crippen LogP contribution in [0.4, 0.5) is 11.8 Å². The predicted octanol–water partition coefficient (Wildman–Crippen LogP) is 2.80. The average Bonchev–Trinajstić information content (AvgIpc) is 2.96. The molecule has 140 valence electrons. The van der Waals surface area contributed by atoms with Gasteiger partial charge in [-0.15, -0.1) is 0 Å². The Morgan fingerprint density at radius 1 is 1.35 bits per heavy atom. The first kappa shape index (κ1) is 18.9. The Labute approximate surface area is 159 Å². The van der Waals surface area contributed by atoms with Gasteiger partial charge in [-0.2, -0.15) is 4.98 Å². The van der Waals surface area contributed by atoms with E-state index in [2.05, 4.69) is 15.3 Å². The molecule has 1 unspecified atom stereocenters. The first-order chi connectivity index (χ1) is 12.5. The third-order valence-corrected chi connectivity index (χ3v) is 6.50. The molecule has 0 spiro atoms. The van der Waals surface area contributed by atoms with E-state index in [1.54, 1.807) is 6.20 Å². The van der Waals surface area contributed by atoms with Gasteiger partial charge in [0.25, 0.3) is 0 Å². The van der Waals surface area contributed by atoms with E-state index in [1.165, 1.54) is 0 Å². The molecule has 2 aromatic rings. The summed E-state index contributed by atoms with van der Waals surface area (Å²) >= 11 is 6.00. The van der Waals surface area contributed by atoms with Crippen LogP contribution in [-0.2, 0) is 16.3 Å². The van der Waals surface area contributed by atoms with Crippen molar-refractivity contribution in [1.29, 1.82) is 0 Å². The fourth-order valence-electron chi connectivity index (χ4n) is 3.23. The second-order valence-corrected chi connectivity index (χ2v) is 9.05. The lowest BCUT2D eigenvalue weighted by Crippen LogP contribution is -2.36. The number of nitrogens with one attached hydrogen (secondary N) is 1. The normalized spacial score (nSPS) is 18.6. The van der Waals surface area contributed by atoms with Gasteiger partial charge < -0.3 is 10.2 Å². The van der Waals surface area contributed by atoms with Crippen molar-refractivity contribution in [2.45, 2.75) is 25.8 Å². The molecular weight excluding hydrogens is 372 g/mol. The third-order valence-electron chi connectivity index (χ3n) is 4.51. The number of sulfone groups is 1. The summed E-state index contributed by atoms with van der Waals surface area (Å²) in [4.78, 5) is 10.9. The van der Waals surface area contributed by atoms with E-state index >= 15 is 0 Å². The van der Waals surface area contributed by atoms with Gasteiger partial charge in [0, 0.05) is 30.4 Å². The number of hydrogen-bond acceptors (Lipinski definition) is 6. The predicted molar refractivity (Wildman–Crippen MR) is 106 cm³/mol. The van der Waals surface area contributed by atoms with Gasteiger partial charge in [-0.3, -0.25) is 0 Å². The van der Waals surface area contributed by atoms with E-state index < -0.39 is 9.84 Å². The highest BCUT2D eigenvalue weighted by Crippen LogP contribution is 2.23. The zero-order valence-corrected chi connectivity index (χ0v) is 16.3. The number of anilines is 2. The zero-order valence-electron chi connectivity index (χ0n) is 14.7. The zero-order chi connectivity index (χ0) is 18.6. The molecule has 1 aromatic carbocycles. The number of nitrogens with zero attached hydrogens (tertiary/aromatic N) is 3. The monoisotopic (exact) mass is 394 g/mol. The molecule has 1 aromatic heterocycles. The molecule has 2 heterocycles. The summed E-state index contributed by atoms with van der Waals surface area (Å²) in [6.07, 6.45) is 3.17. The molecule has 26 heavy (non-hydrogen) atoms. The first-order valence-electron chi connectivity index (χ1n) is 8.75. The molecule has 0 bridgehead atoms. The Morgan fingerprint density at radius 3 is 2.88 bits per heavy atom. The molecule has 1 atom stereocenters. The maximum atomic E-state index is 11.8. The van der Waals surface area contributed by atoms with Gasteiger partial charge in [-0.25, -0.2) is 13.4 Å². The van der Waals surface area contributed by atoms with Crippen molar-refractivity contribution in [2.75, 3.05) is 34.8 Å². The highest BCUT2D eigenvalue weighted by molar-refractivity contribution is 7.91. The molecule has 0 saturated carbocycles. The quantitative estimate of drug-likeness (QED) is 0.778. The number of hydrogen-bond donors (Lipinski definition) is 1. The van der Waals surface area contributed by atoms with E-state index in [-0.39, 0.29) is 17.5 Å². The van der Waals surface area contributed by atoms with Crippen LogP contribution in [0.5, 0.6) is 0 Å². The topological polar surface area (TPSA) is 75.2 Å². The van der Waals surface area contributed by atoms with Crippen LogP contribution < -0.4 is 10.2 Å². The van der Waals surface area contributed by atoms with Gasteiger partial charge in [0.2, 0.25) is 5.95 Å². The lowest BCUT2D eigenvalue weighted by Gasteiger charge is -2.28. The number of benzene rings is 1.